The van der Waals surface area contributed by atoms with Crippen LogP contribution in [-0.4, -0.2) is 39.7 Å². The van der Waals surface area contributed by atoms with Gasteiger partial charge in [0.15, 0.2) is 0 Å². The second-order valence-corrected chi connectivity index (χ2v) is 14.8. The van der Waals surface area contributed by atoms with Crippen LogP contribution in [0, 0.1) is 10.7 Å². The summed E-state index contributed by atoms with van der Waals surface area (Å²) in [5.41, 5.74) is 0. The molecule has 0 N–H and O–H groups in total. The Morgan fingerprint density at radius 1 is 0.938 bits per heavy atom. The molecular formula is C13H26GeO2. The van der Waals surface area contributed by atoms with Gasteiger partial charge in [-0.05, 0) is 0 Å². The molecule has 0 aliphatic heterocycles. The predicted molar refractivity (Wildman–Crippen MR) is 72.3 cm³/mol. The van der Waals surface area contributed by atoms with Crippen LogP contribution in [0.4, 0.5) is 0 Å². The molecule has 0 aliphatic carbocycles. The molecule has 0 fully saturated rings. The molecule has 0 heterocycles. The normalized spacial score (nSPS) is 11.0. The van der Waals surface area contributed by atoms with Crippen molar-refractivity contribution in [2.24, 2.45) is 0 Å². The third-order valence-corrected chi connectivity index (χ3v) is 3.72. The van der Waals surface area contributed by atoms with E-state index in [0.717, 1.165) is 39.1 Å². The summed E-state index contributed by atoms with van der Waals surface area (Å²) < 4.78 is 14.1. The number of ether oxygens (including phenoxy) is 2. The van der Waals surface area contributed by atoms with E-state index in [1.165, 1.54) is 0 Å². The summed E-state index contributed by atoms with van der Waals surface area (Å²) in [7, 11) is 0. The molecule has 94 valence electrons. The van der Waals surface area contributed by atoms with E-state index in [2.05, 4.69) is 34.9 Å². The quantitative estimate of drug-likeness (QED) is 0.388. The first-order valence-electron chi connectivity index (χ1n) is 6.22. The maximum absolute atomic E-state index is 5.43. The molecule has 0 aromatic heterocycles. The van der Waals surface area contributed by atoms with Gasteiger partial charge in [-0.1, -0.05) is 0 Å². The molecule has 0 aromatic rings. The van der Waals surface area contributed by atoms with Crippen molar-refractivity contribution in [1.82, 2.24) is 0 Å². The molecular weight excluding hydrogens is 261 g/mol. The zero-order valence-corrected chi connectivity index (χ0v) is 13.4. The van der Waals surface area contributed by atoms with E-state index in [1.807, 2.05) is 0 Å². The average Bonchev–Trinajstić information content (AvgIpc) is 2.19. The van der Waals surface area contributed by atoms with Crippen molar-refractivity contribution in [2.75, 3.05) is 26.4 Å². The van der Waals surface area contributed by atoms with Gasteiger partial charge in [0.05, 0.1) is 0 Å². The van der Waals surface area contributed by atoms with Crippen LogP contribution < -0.4 is 0 Å². The maximum atomic E-state index is 5.43. The predicted octanol–water partition coefficient (Wildman–Crippen LogP) is 3.09. The van der Waals surface area contributed by atoms with E-state index in [1.54, 1.807) is 0 Å². The Labute approximate surface area is 103 Å². The monoisotopic (exact) mass is 288 g/mol. The number of hydrogen-bond donors (Lipinski definition) is 0. The summed E-state index contributed by atoms with van der Waals surface area (Å²) >= 11 is -1.62. The minimum absolute atomic E-state index is 0.713. The van der Waals surface area contributed by atoms with E-state index in [-0.39, 0.29) is 0 Å². The number of unbranched alkanes of at least 4 members (excludes halogenated alkanes) is 1. The van der Waals surface area contributed by atoms with E-state index in [0.29, 0.717) is 6.61 Å². The molecule has 16 heavy (non-hydrogen) atoms. The molecule has 0 aromatic carbocycles. The van der Waals surface area contributed by atoms with Gasteiger partial charge < -0.3 is 0 Å². The van der Waals surface area contributed by atoms with Gasteiger partial charge in [-0.2, -0.15) is 0 Å². The van der Waals surface area contributed by atoms with E-state index in [4.69, 9.17) is 9.47 Å². The third-order valence-electron chi connectivity index (χ3n) is 1.77. The fraction of sp³-hybridized carbons (Fsp3) is 0.846. The van der Waals surface area contributed by atoms with Crippen LogP contribution in [0.15, 0.2) is 0 Å². The van der Waals surface area contributed by atoms with Crippen LogP contribution >= 0.6 is 0 Å². The summed E-state index contributed by atoms with van der Waals surface area (Å²) in [6.45, 7) is 5.19. The molecule has 0 aliphatic rings. The molecule has 3 heteroatoms. The van der Waals surface area contributed by atoms with E-state index in [9.17, 15) is 0 Å². The van der Waals surface area contributed by atoms with E-state index < -0.39 is 13.3 Å². The van der Waals surface area contributed by atoms with Crippen molar-refractivity contribution in [3.8, 4) is 10.7 Å². The second-order valence-electron chi connectivity index (χ2n) is 4.88. The Hall–Kier alpha value is 0.0229. The topological polar surface area (TPSA) is 18.5 Å². The Kier molecular flexibility index (Phi) is 10.2. The summed E-state index contributed by atoms with van der Waals surface area (Å²) in [5, 5.41) is 0. The van der Waals surface area contributed by atoms with Gasteiger partial charge >= 0.3 is 103 Å². The van der Waals surface area contributed by atoms with Gasteiger partial charge in [-0.25, -0.2) is 0 Å². The summed E-state index contributed by atoms with van der Waals surface area (Å²) in [6.07, 6.45) is 3.09. The first kappa shape index (κ1) is 16.0. The van der Waals surface area contributed by atoms with Gasteiger partial charge in [-0.3, -0.25) is 0 Å². The molecule has 0 saturated heterocycles. The summed E-state index contributed by atoms with van der Waals surface area (Å²) in [5.74, 6) is 10.2. The zero-order valence-electron chi connectivity index (χ0n) is 11.3. The minimum atomic E-state index is -1.62. The average molecular weight is 287 g/mol. The Balaban J connectivity index is 3.18. The van der Waals surface area contributed by atoms with Gasteiger partial charge in [0.25, 0.3) is 0 Å². The molecule has 2 nitrogen and oxygen atoms in total. The van der Waals surface area contributed by atoms with Gasteiger partial charge in [0, 0.05) is 0 Å². The van der Waals surface area contributed by atoms with Gasteiger partial charge in [0.2, 0.25) is 0 Å². The molecule has 0 atom stereocenters. The van der Waals surface area contributed by atoms with Crippen molar-refractivity contribution in [2.45, 2.75) is 43.5 Å². The van der Waals surface area contributed by atoms with Crippen molar-refractivity contribution >= 4 is 13.3 Å². The molecule has 0 spiro atoms. The van der Waals surface area contributed by atoms with Crippen LogP contribution in [-0.2, 0) is 9.47 Å². The van der Waals surface area contributed by atoms with E-state index >= 15 is 0 Å². The van der Waals surface area contributed by atoms with Crippen LogP contribution in [0.5, 0.6) is 0 Å². The van der Waals surface area contributed by atoms with Crippen molar-refractivity contribution in [3.05, 3.63) is 0 Å². The third kappa shape index (κ3) is 14.0. The molecule has 0 rings (SSSR count). The molecule has 0 bridgehead atoms. The Morgan fingerprint density at radius 2 is 1.56 bits per heavy atom. The van der Waals surface area contributed by atoms with Crippen molar-refractivity contribution in [3.63, 3.8) is 0 Å². The summed E-state index contributed by atoms with van der Waals surface area (Å²) in [6, 6.07) is 0. The number of hydrogen-bond acceptors (Lipinski definition) is 2. The van der Waals surface area contributed by atoms with Crippen LogP contribution in [0.3, 0.4) is 0 Å². The standard InChI is InChI=1S/C13H26GeO2/c1-5-10-15-12-13-16-11-8-6-7-9-14(2,3)4/h5-6,8,10-13H2,1-4H3. The fourth-order valence-electron chi connectivity index (χ4n) is 1.06. The SMILES string of the molecule is CCCOCCOCCCC#[C][Ge]([CH3])([CH3])[CH3]. The first-order valence-corrected chi connectivity index (χ1v) is 13.6. The van der Waals surface area contributed by atoms with Gasteiger partial charge in [-0.15, -0.1) is 0 Å². The Morgan fingerprint density at radius 3 is 2.12 bits per heavy atom. The van der Waals surface area contributed by atoms with Crippen molar-refractivity contribution in [1.29, 1.82) is 0 Å². The fourth-order valence-corrected chi connectivity index (χ4v) is 2.43. The van der Waals surface area contributed by atoms with Crippen LogP contribution in [0.1, 0.15) is 26.2 Å². The summed E-state index contributed by atoms with van der Waals surface area (Å²) in [4.78, 5) is 0. The van der Waals surface area contributed by atoms with Crippen LogP contribution in [0.2, 0.25) is 17.3 Å². The first-order chi connectivity index (χ1) is 7.56. The second kappa shape index (κ2) is 10.2. The zero-order chi connectivity index (χ0) is 12.3. The molecule has 0 amide bonds. The van der Waals surface area contributed by atoms with Crippen LogP contribution in [0.25, 0.3) is 0 Å². The molecule has 0 unspecified atom stereocenters. The molecule has 0 saturated carbocycles. The van der Waals surface area contributed by atoms with Crippen molar-refractivity contribution < 1.29 is 9.47 Å². The molecule has 0 radical (unpaired) electrons. The van der Waals surface area contributed by atoms with Gasteiger partial charge in [0.1, 0.15) is 0 Å². The Bertz CT molecular complexity index is 210. The number of rotatable bonds is 8.